The van der Waals surface area contributed by atoms with E-state index in [0.29, 0.717) is 11.7 Å². The number of aromatic nitrogens is 2. The third-order valence-corrected chi connectivity index (χ3v) is 6.21. The summed E-state index contributed by atoms with van der Waals surface area (Å²) < 4.78 is 23.5. The van der Waals surface area contributed by atoms with Gasteiger partial charge in [0.05, 0.1) is 5.41 Å². The second-order valence-corrected chi connectivity index (χ2v) is 8.80. The van der Waals surface area contributed by atoms with Gasteiger partial charge in [0.2, 0.25) is 20.9 Å². The number of anilines is 1. The van der Waals surface area contributed by atoms with Crippen molar-refractivity contribution in [3.63, 3.8) is 0 Å². The van der Waals surface area contributed by atoms with Crippen LogP contribution in [-0.4, -0.2) is 36.6 Å². The van der Waals surface area contributed by atoms with E-state index in [1.54, 1.807) is 11.1 Å². The quantitative estimate of drug-likeness (QED) is 0.770. The van der Waals surface area contributed by atoms with E-state index in [2.05, 4.69) is 16.9 Å². The number of carbonyl (C=O) groups excluding carboxylic acids is 1. The Balaban J connectivity index is 1.87. The molecule has 0 radical (unpaired) electrons. The van der Waals surface area contributed by atoms with E-state index in [1.807, 2.05) is 0 Å². The summed E-state index contributed by atoms with van der Waals surface area (Å²) in [5.41, 5.74) is 0.359. The van der Waals surface area contributed by atoms with Gasteiger partial charge in [-0.05, 0) is 31.6 Å². The van der Waals surface area contributed by atoms with Crippen LogP contribution < -0.4 is 4.90 Å². The second kappa shape index (κ2) is 4.28. The molecule has 0 aromatic carbocycles. The Labute approximate surface area is 129 Å². The zero-order chi connectivity index (χ0) is 15.7. The summed E-state index contributed by atoms with van der Waals surface area (Å²) in [6, 6.07) is 0.133. The van der Waals surface area contributed by atoms with Crippen LogP contribution in [0.1, 0.15) is 44.6 Å². The van der Waals surface area contributed by atoms with Gasteiger partial charge in [-0.2, -0.15) is 0 Å². The van der Waals surface area contributed by atoms with Crippen molar-refractivity contribution in [2.45, 2.75) is 55.6 Å². The van der Waals surface area contributed by atoms with Crippen molar-refractivity contribution < 1.29 is 13.2 Å². The maximum Gasteiger partial charge on any atom is 0.248 e. The van der Waals surface area contributed by atoms with Crippen LogP contribution in [-0.2, 0) is 20.0 Å². The average molecular weight is 321 g/mol. The van der Waals surface area contributed by atoms with Gasteiger partial charge in [0.25, 0.3) is 0 Å². The van der Waals surface area contributed by atoms with Gasteiger partial charge in [-0.15, -0.1) is 0 Å². The largest absolute Gasteiger partial charge is 0.292 e. The van der Waals surface area contributed by atoms with Gasteiger partial charge in [-0.1, -0.05) is 13.3 Å². The topological polar surface area (TPSA) is 80.2 Å². The van der Waals surface area contributed by atoms with Crippen LogP contribution in [0.5, 0.6) is 0 Å². The van der Waals surface area contributed by atoms with Crippen LogP contribution in [0.15, 0.2) is 11.4 Å². The van der Waals surface area contributed by atoms with Crippen LogP contribution in [0, 0.1) is 5.92 Å². The lowest BCUT2D eigenvalue weighted by Gasteiger charge is -2.28. The molecule has 2 heterocycles. The maximum absolute atomic E-state index is 12.9. The van der Waals surface area contributed by atoms with E-state index >= 15 is 0 Å². The minimum absolute atomic E-state index is 0.0983. The number of carbonyl (C=O) groups is 1. The molecule has 2 atom stereocenters. The summed E-state index contributed by atoms with van der Waals surface area (Å²) in [7, 11) is -3.48. The number of sulfone groups is 1. The Kier molecular flexibility index (Phi) is 2.74. The molecule has 2 fully saturated rings. The van der Waals surface area contributed by atoms with E-state index in [4.69, 9.17) is 0 Å². The van der Waals surface area contributed by atoms with Gasteiger partial charge in [0, 0.05) is 24.1 Å². The molecule has 1 aromatic rings. The highest BCUT2D eigenvalue weighted by Gasteiger charge is 2.62. The monoisotopic (exact) mass is 321 g/mol. The van der Waals surface area contributed by atoms with Crippen LogP contribution in [0.3, 0.4) is 0 Å². The molecule has 6 nitrogen and oxygen atoms in total. The zero-order valence-electron chi connectivity index (χ0n) is 12.7. The predicted molar refractivity (Wildman–Crippen MR) is 80.3 cm³/mol. The Morgan fingerprint density at radius 2 is 2.05 bits per heavy atom. The molecule has 1 spiro atoms. The van der Waals surface area contributed by atoms with Crippen molar-refractivity contribution in [1.29, 1.82) is 0 Å². The Bertz CT molecular complexity index is 770. The lowest BCUT2D eigenvalue weighted by Crippen LogP contribution is -2.42. The van der Waals surface area contributed by atoms with Gasteiger partial charge >= 0.3 is 0 Å². The third-order valence-electron chi connectivity index (χ3n) is 5.35. The number of hydrogen-bond donors (Lipinski definition) is 0. The summed E-state index contributed by atoms with van der Waals surface area (Å²) in [5.74, 6) is 1.06. The molecule has 0 saturated heterocycles. The fourth-order valence-electron chi connectivity index (χ4n) is 3.92. The number of rotatable bonds is 2. The first-order chi connectivity index (χ1) is 10.3. The fourth-order valence-corrected chi connectivity index (χ4v) is 4.42. The standard InChI is InChI=1S/C15H19N3O3S/c1-9-4-3-5-11(9)18-12-10(15(6-7-15)13(18)19)8-16-14(17-12)22(2,20)21/h8-9,11H,3-7H2,1-2H3. The average Bonchev–Trinajstić information content (AvgIpc) is 3.10. The second-order valence-electron chi connectivity index (χ2n) is 6.89. The Hall–Kier alpha value is -1.50. The summed E-state index contributed by atoms with van der Waals surface area (Å²) >= 11 is 0. The van der Waals surface area contributed by atoms with Gasteiger partial charge in [-0.25, -0.2) is 18.4 Å². The van der Waals surface area contributed by atoms with Gasteiger partial charge < -0.3 is 0 Å². The van der Waals surface area contributed by atoms with Crippen LogP contribution in [0.25, 0.3) is 0 Å². The molecule has 1 amide bonds. The molecular weight excluding hydrogens is 302 g/mol. The first-order valence-electron chi connectivity index (χ1n) is 7.76. The Morgan fingerprint density at radius 1 is 1.32 bits per heavy atom. The Morgan fingerprint density at radius 3 is 2.59 bits per heavy atom. The van der Waals surface area contributed by atoms with E-state index < -0.39 is 15.3 Å². The van der Waals surface area contributed by atoms with Gasteiger partial charge in [0.15, 0.2) is 0 Å². The highest BCUT2D eigenvalue weighted by molar-refractivity contribution is 7.90. The molecule has 2 saturated carbocycles. The molecule has 0 N–H and O–H groups in total. The van der Waals surface area contributed by atoms with Crippen molar-refractivity contribution in [3.05, 3.63) is 11.8 Å². The maximum atomic E-state index is 12.9. The van der Waals surface area contributed by atoms with Crippen molar-refractivity contribution in [1.82, 2.24) is 9.97 Å². The van der Waals surface area contributed by atoms with Crippen LogP contribution >= 0.6 is 0 Å². The van der Waals surface area contributed by atoms with Crippen LogP contribution in [0.2, 0.25) is 0 Å². The third kappa shape index (κ3) is 1.77. The summed E-state index contributed by atoms with van der Waals surface area (Å²) in [5, 5.41) is -0.188. The van der Waals surface area contributed by atoms with E-state index in [9.17, 15) is 13.2 Å². The molecule has 2 aliphatic carbocycles. The van der Waals surface area contributed by atoms with E-state index in [-0.39, 0.29) is 17.1 Å². The molecule has 1 aliphatic heterocycles. The first-order valence-corrected chi connectivity index (χ1v) is 9.65. The van der Waals surface area contributed by atoms with Crippen molar-refractivity contribution in [3.8, 4) is 0 Å². The molecular formula is C15H19N3O3S. The number of amides is 1. The first kappa shape index (κ1) is 14.1. The SMILES string of the molecule is CC1CCCC1N1C(=O)C2(CC2)c2cnc(S(C)(=O)=O)nc21. The van der Waals surface area contributed by atoms with E-state index in [1.165, 1.54) is 0 Å². The highest BCUT2D eigenvalue weighted by atomic mass is 32.2. The highest BCUT2D eigenvalue weighted by Crippen LogP contribution is 2.58. The molecule has 1 aromatic heterocycles. The normalized spacial score (nSPS) is 29.2. The van der Waals surface area contributed by atoms with Gasteiger partial charge in [-0.3, -0.25) is 9.69 Å². The van der Waals surface area contributed by atoms with Gasteiger partial charge in [0.1, 0.15) is 5.82 Å². The molecule has 7 heteroatoms. The smallest absolute Gasteiger partial charge is 0.248 e. The van der Waals surface area contributed by atoms with E-state index in [0.717, 1.165) is 43.9 Å². The zero-order valence-corrected chi connectivity index (χ0v) is 13.6. The number of hydrogen-bond acceptors (Lipinski definition) is 5. The molecule has 118 valence electrons. The summed E-state index contributed by atoms with van der Waals surface area (Å²) in [6.07, 6.45) is 7.45. The van der Waals surface area contributed by atoms with Crippen LogP contribution in [0.4, 0.5) is 5.82 Å². The summed E-state index contributed by atoms with van der Waals surface area (Å²) in [6.45, 7) is 2.15. The lowest BCUT2D eigenvalue weighted by atomic mass is 10.0. The fraction of sp³-hybridized carbons (Fsp3) is 0.667. The number of fused-ring (bicyclic) bond motifs is 2. The molecule has 2 unspecified atom stereocenters. The van der Waals surface area contributed by atoms with Crippen molar-refractivity contribution >= 4 is 21.6 Å². The molecule has 22 heavy (non-hydrogen) atoms. The number of nitrogens with zero attached hydrogens (tertiary/aromatic N) is 3. The molecule has 0 bridgehead atoms. The molecule has 4 rings (SSSR count). The minimum atomic E-state index is -3.48. The summed E-state index contributed by atoms with van der Waals surface area (Å²) in [4.78, 5) is 23.0. The van der Waals surface area contributed by atoms with Crippen molar-refractivity contribution in [2.75, 3.05) is 11.2 Å². The lowest BCUT2D eigenvalue weighted by molar-refractivity contribution is -0.120. The molecule has 3 aliphatic rings. The minimum Gasteiger partial charge on any atom is -0.292 e. The predicted octanol–water partition coefficient (Wildman–Crippen LogP) is 1.45. The van der Waals surface area contributed by atoms with Crippen molar-refractivity contribution in [2.24, 2.45) is 5.92 Å².